The van der Waals surface area contributed by atoms with E-state index in [4.69, 9.17) is 11.6 Å². The summed E-state index contributed by atoms with van der Waals surface area (Å²) in [5, 5.41) is 32.9. The van der Waals surface area contributed by atoms with Crippen LogP contribution in [0, 0.1) is 10.1 Å². The summed E-state index contributed by atoms with van der Waals surface area (Å²) in [7, 11) is -4.79. The van der Waals surface area contributed by atoms with E-state index >= 15 is 0 Å². The first-order valence-electron chi connectivity index (χ1n) is 8.02. The molecule has 0 saturated carbocycles. The maximum atomic E-state index is 12.7. The second-order valence-electron chi connectivity index (χ2n) is 6.01. The van der Waals surface area contributed by atoms with Crippen LogP contribution in [0.1, 0.15) is 6.92 Å². The molecule has 31 heavy (non-hydrogen) atoms. The monoisotopic (exact) mass is 475 g/mol. The molecular formula is C16H11ClN5NaO7S. The molecule has 1 amide bonds. The molecule has 12 nitrogen and oxygen atoms in total. The normalized spacial score (nSPS) is 16.4. The minimum atomic E-state index is -4.79. The first kappa shape index (κ1) is 24.8. The number of non-ortho nitro benzene ring substituents is 1. The number of hydrogen-bond donors (Lipinski definition) is 1. The van der Waals surface area contributed by atoms with E-state index in [1.807, 2.05) is 0 Å². The van der Waals surface area contributed by atoms with Gasteiger partial charge >= 0.3 is 29.6 Å². The van der Waals surface area contributed by atoms with Gasteiger partial charge in [-0.15, -0.1) is 0 Å². The minimum Gasteiger partial charge on any atom is -0.744 e. The first-order valence-corrected chi connectivity index (χ1v) is 9.80. The fourth-order valence-electron chi connectivity index (χ4n) is 2.50. The van der Waals surface area contributed by atoms with Crippen LogP contribution in [-0.2, 0) is 14.9 Å². The van der Waals surface area contributed by atoms with Gasteiger partial charge in [0.25, 0.3) is 11.6 Å². The number of nitro groups is 1. The fourth-order valence-corrected chi connectivity index (χ4v) is 3.19. The number of phenolic OH excluding ortho intramolecular Hbond substituents is 1. The van der Waals surface area contributed by atoms with Gasteiger partial charge in [-0.1, -0.05) is 11.6 Å². The largest absolute Gasteiger partial charge is 1.00 e. The molecule has 1 atom stereocenters. The van der Waals surface area contributed by atoms with Gasteiger partial charge in [-0.25, -0.2) is 8.42 Å². The van der Waals surface area contributed by atoms with Crippen molar-refractivity contribution in [3.8, 4) is 5.75 Å². The maximum absolute atomic E-state index is 12.7. The predicted molar refractivity (Wildman–Crippen MR) is 103 cm³/mol. The van der Waals surface area contributed by atoms with E-state index in [0.29, 0.717) is 0 Å². The van der Waals surface area contributed by atoms with E-state index in [-0.39, 0.29) is 57.4 Å². The Bertz CT molecular complexity index is 1230. The maximum Gasteiger partial charge on any atom is 1.00 e. The smallest absolute Gasteiger partial charge is 0.744 e. The van der Waals surface area contributed by atoms with Gasteiger partial charge in [0.05, 0.1) is 32.3 Å². The molecule has 0 spiro atoms. The summed E-state index contributed by atoms with van der Waals surface area (Å²) in [5.41, 5.74) is -0.419. The number of nitrogens with zero attached hydrogens (tertiary/aromatic N) is 5. The average molecular weight is 476 g/mol. The van der Waals surface area contributed by atoms with Crippen LogP contribution in [0.15, 0.2) is 56.6 Å². The molecule has 0 fully saturated rings. The molecule has 3 rings (SSSR count). The van der Waals surface area contributed by atoms with Crippen molar-refractivity contribution in [3.63, 3.8) is 0 Å². The SMILES string of the molecule is CC1=NN(c2cc(S(=O)(=O)[O-])ccc2Cl)C(=O)C1N=Nc1ccc([N+](=O)[O-])cc1O.[Na+]. The van der Waals surface area contributed by atoms with Crippen LogP contribution in [-0.4, -0.2) is 40.7 Å². The summed E-state index contributed by atoms with van der Waals surface area (Å²) in [6, 6.07) is 4.98. The quantitative estimate of drug-likeness (QED) is 0.203. The van der Waals surface area contributed by atoms with Gasteiger partial charge in [0.2, 0.25) is 0 Å². The number of azo groups is 1. The van der Waals surface area contributed by atoms with Crippen molar-refractivity contribution in [1.82, 2.24) is 0 Å². The van der Waals surface area contributed by atoms with E-state index < -0.39 is 37.6 Å². The number of carbonyl (C=O) groups excluding carboxylic acids is 1. The van der Waals surface area contributed by atoms with E-state index in [9.17, 15) is 33.0 Å². The Hall–Kier alpha value is -2.42. The zero-order valence-electron chi connectivity index (χ0n) is 16.0. The third kappa shape index (κ3) is 5.26. The van der Waals surface area contributed by atoms with Gasteiger partial charge in [-0.2, -0.15) is 20.3 Å². The molecule has 1 aliphatic heterocycles. The van der Waals surface area contributed by atoms with Crippen LogP contribution in [0.4, 0.5) is 17.1 Å². The number of rotatable bonds is 5. The number of hydrogen-bond acceptors (Lipinski definition) is 10. The molecule has 0 saturated heterocycles. The Kier molecular flexibility index (Phi) is 7.52. The summed E-state index contributed by atoms with van der Waals surface area (Å²) >= 11 is 6.02. The third-order valence-corrected chi connectivity index (χ3v) is 5.13. The molecular weight excluding hydrogens is 465 g/mol. The number of amides is 1. The van der Waals surface area contributed by atoms with Crippen LogP contribution in [0.5, 0.6) is 5.75 Å². The molecule has 2 aromatic carbocycles. The molecule has 0 aromatic heterocycles. The van der Waals surface area contributed by atoms with Crippen LogP contribution < -0.4 is 34.6 Å². The zero-order chi connectivity index (χ0) is 22.2. The number of benzene rings is 2. The average Bonchev–Trinajstić information content (AvgIpc) is 2.94. The Morgan fingerprint density at radius 2 is 1.94 bits per heavy atom. The number of halogens is 1. The van der Waals surface area contributed by atoms with E-state index in [1.165, 1.54) is 6.92 Å². The summed E-state index contributed by atoms with van der Waals surface area (Å²) in [6.07, 6.45) is 0. The molecule has 2 aromatic rings. The molecule has 15 heteroatoms. The zero-order valence-corrected chi connectivity index (χ0v) is 19.5. The number of hydrazone groups is 1. The van der Waals surface area contributed by atoms with Gasteiger partial charge in [0.1, 0.15) is 21.6 Å². The predicted octanol–water partition coefficient (Wildman–Crippen LogP) is -0.263. The Labute approximate surface area is 202 Å². The number of aromatic hydroxyl groups is 1. The van der Waals surface area contributed by atoms with E-state index in [1.54, 1.807) is 0 Å². The minimum absolute atomic E-state index is 0. The molecule has 1 N–H and O–H groups in total. The van der Waals surface area contributed by atoms with Crippen LogP contribution in [0.25, 0.3) is 0 Å². The second kappa shape index (κ2) is 9.38. The van der Waals surface area contributed by atoms with Crippen molar-refractivity contribution in [1.29, 1.82) is 0 Å². The van der Waals surface area contributed by atoms with E-state index in [0.717, 1.165) is 41.4 Å². The van der Waals surface area contributed by atoms with Crippen molar-refractivity contribution in [3.05, 3.63) is 51.5 Å². The Morgan fingerprint density at radius 1 is 1.26 bits per heavy atom. The van der Waals surface area contributed by atoms with Gasteiger partial charge in [-0.05, 0) is 31.2 Å². The third-order valence-electron chi connectivity index (χ3n) is 3.98. The molecule has 0 bridgehead atoms. The van der Waals surface area contributed by atoms with Gasteiger partial charge in [0.15, 0.2) is 6.04 Å². The van der Waals surface area contributed by atoms with Gasteiger partial charge < -0.3 is 9.66 Å². The summed E-state index contributed by atoms with van der Waals surface area (Å²) in [5.74, 6) is -1.25. The summed E-state index contributed by atoms with van der Waals surface area (Å²) < 4.78 is 33.7. The Balaban J connectivity index is 0.00000341. The summed E-state index contributed by atoms with van der Waals surface area (Å²) in [4.78, 5) is 22.1. The number of carbonyl (C=O) groups is 1. The number of anilines is 1. The first-order chi connectivity index (χ1) is 14.0. The second-order valence-corrected chi connectivity index (χ2v) is 7.79. The van der Waals surface area contributed by atoms with Crippen molar-refractivity contribution in [2.24, 2.45) is 15.3 Å². The van der Waals surface area contributed by atoms with Gasteiger partial charge in [0, 0.05) is 6.07 Å². The van der Waals surface area contributed by atoms with Crippen LogP contribution in [0.2, 0.25) is 5.02 Å². The standard InChI is InChI=1S/C16H12ClN5O7S.Na/c1-8-15(19-18-12-5-2-9(22(25)26)6-14(12)23)16(24)21(20-8)13-7-10(30(27,28)29)3-4-11(13)17;/h2-7,15,23H,1H3,(H,27,28,29);/q;+1/p-1. The molecule has 1 unspecified atom stereocenters. The van der Waals surface area contributed by atoms with Crippen LogP contribution >= 0.6 is 11.6 Å². The molecule has 1 heterocycles. The van der Waals surface area contributed by atoms with Crippen molar-refractivity contribution < 1.29 is 57.4 Å². The number of nitro benzene ring substituents is 1. The Morgan fingerprint density at radius 3 is 2.52 bits per heavy atom. The molecule has 156 valence electrons. The van der Waals surface area contributed by atoms with E-state index in [2.05, 4.69) is 15.3 Å². The molecule has 1 aliphatic rings. The molecule has 0 radical (unpaired) electrons. The topological polar surface area (TPSA) is 178 Å². The van der Waals surface area contributed by atoms with Crippen molar-refractivity contribution in [2.45, 2.75) is 17.9 Å². The molecule has 0 aliphatic carbocycles. The van der Waals surface area contributed by atoms with Crippen LogP contribution in [0.3, 0.4) is 0 Å². The van der Waals surface area contributed by atoms with Crippen molar-refractivity contribution in [2.75, 3.05) is 5.01 Å². The summed E-state index contributed by atoms with van der Waals surface area (Å²) in [6.45, 7) is 1.46. The fraction of sp³-hybridized carbons (Fsp3) is 0.125. The van der Waals surface area contributed by atoms with Crippen molar-refractivity contribution >= 4 is 50.4 Å². The number of phenols is 1. The van der Waals surface area contributed by atoms with Gasteiger partial charge in [-0.3, -0.25) is 14.9 Å².